The van der Waals surface area contributed by atoms with Crippen LogP contribution in [-0.2, 0) is 0 Å². The minimum atomic E-state index is -0.663. The third kappa shape index (κ3) is 2.68. The Labute approximate surface area is 98.4 Å². The summed E-state index contributed by atoms with van der Waals surface area (Å²) >= 11 is 5.66. The lowest BCUT2D eigenvalue weighted by Gasteiger charge is -2.15. The van der Waals surface area contributed by atoms with Gasteiger partial charge in [0.15, 0.2) is 5.82 Å². The molecule has 0 aliphatic rings. The molecule has 1 aromatic rings. The molecule has 0 saturated heterocycles. The molecule has 0 aliphatic heterocycles. The highest BCUT2D eigenvalue weighted by Gasteiger charge is 2.14. The molecule has 4 nitrogen and oxygen atoms in total. The summed E-state index contributed by atoms with van der Waals surface area (Å²) in [5.41, 5.74) is 11.5. The predicted octanol–water partition coefficient (Wildman–Crippen LogP) is 1.68. The molecule has 0 spiro atoms. The van der Waals surface area contributed by atoms with Gasteiger partial charge in [-0.2, -0.15) is 0 Å². The number of hydrogen-bond donors (Lipinski definition) is 4. The summed E-state index contributed by atoms with van der Waals surface area (Å²) in [7, 11) is 0. The first-order valence-corrected chi connectivity index (χ1v) is 5.22. The van der Waals surface area contributed by atoms with E-state index in [9.17, 15) is 4.39 Å². The van der Waals surface area contributed by atoms with Crippen LogP contribution in [0.5, 0.6) is 0 Å². The van der Waals surface area contributed by atoms with Gasteiger partial charge in [-0.1, -0.05) is 18.5 Å². The second-order valence-corrected chi connectivity index (χ2v) is 4.10. The number of hydrogen-bond acceptors (Lipinski definition) is 4. The van der Waals surface area contributed by atoms with Gasteiger partial charge < -0.3 is 21.9 Å². The molecule has 6 N–H and O–H groups in total. The van der Waals surface area contributed by atoms with Crippen molar-refractivity contribution in [1.82, 2.24) is 0 Å². The van der Waals surface area contributed by atoms with Gasteiger partial charge in [-0.05, 0) is 12.0 Å². The number of aliphatic hydroxyl groups is 1. The van der Waals surface area contributed by atoms with Gasteiger partial charge in [-0.15, -0.1) is 0 Å². The maximum absolute atomic E-state index is 13.7. The van der Waals surface area contributed by atoms with Crippen LogP contribution in [0.2, 0.25) is 5.02 Å². The quantitative estimate of drug-likeness (QED) is 0.610. The van der Waals surface area contributed by atoms with E-state index in [1.165, 1.54) is 6.07 Å². The fraction of sp³-hybridized carbons (Fsp3) is 0.400. The van der Waals surface area contributed by atoms with E-state index in [-0.39, 0.29) is 34.6 Å². The van der Waals surface area contributed by atoms with E-state index >= 15 is 0 Å². The maximum Gasteiger partial charge on any atom is 0.169 e. The van der Waals surface area contributed by atoms with Crippen LogP contribution in [-0.4, -0.2) is 18.3 Å². The van der Waals surface area contributed by atoms with Gasteiger partial charge in [0.25, 0.3) is 0 Å². The van der Waals surface area contributed by atoms with E-state index < -0.39 is 5.82 Å². The summed E-state index contributed by atoms with van der Waals surface area (Å²) in [5.74, 6) is -0.667. The lowest BCUT2D eigenvalue weighted by atomic mass is 10.2. The van der Waals surface area contributed by atoms with Crippen molar-refractivity contribution in [2.75, 3.05) is 29.9 Å². The Hall–Kier alpha value is -1.20. The Morgan fingerprint density at radius 1 is 1.50 bits per heavy atom. The Bertz CT molecular complexity index is 387. The fourth-order valence-corrected chi connectivity index (χ4v) is 1.34. The van der Waals surface area contributed by atoms with Gasteiger partial charge in [-0.3, -0.25) is 0 Å². The van der Waals surface area contributed by atoms with Gasteiger partial charge in [0.1, 0.15) is 5.02 Å². The van der Waals surface area contributed by atoms with Crippen molar-refractivity contribution in [2.24, 2.45) is 5.92 Å². The Kier molecular flexibility index (Phi) is 4.20. The molecule has 0 fully saturated rings. The molecule has 1 unspecified atom stereocenters. The van der Waals surface area contributed by atoms with Crippen molar-refractivity contribution in [3.05, 3.63) is 16.9 Å². The van der Waals surface area contributed by atoms with E-state index in [0.29, 0.717) is 6.54 Å². The lowest BCUT2D eigenvalue weighted by Crippen LogP contribution is -2.16. The van der Waals surface area contributed by atoms with E-state index in [2.05, 4.69) is 5.32 Å². The van der Waals surface area contributed by atoms with E-state index in [0.717, 1.165) is 0 Å². The van der Waals surface area contributed by atoms with Gasteiger partial charge in [0.2, 0.25) is 0 Å². The second-order valence-electron chi connectivity index (χ2n) is 3.73. The molecule has 1 rings (SSSR count). The largest absolute Gasteiger partial charge is 0.397 e. The second kappa shape index (κ2) is 5.23. The molecular formula is C10H15ClFN3O. The van der Waals surface area contributed by atoms with Crippen LogP contribution in [0.15, 0.2) is 6.07 Å². The standard InChI is InChI=1S/C10H15ClFN3O/c1-5(4-16)3-15-10-7(14)2-6(13)8(11)9(10)12/h2,5,15-16H,3-4,13-14H2,1H3. The summed E-state index contributed by atoms with van der Waals surface area (Å²) in [6, 6.07) is 1.40. The SMILES string of the molecule is CC(CO)CNc1c(N)cc(N)c(Cl)c1F. The van der Waals surface area contributed by atoms with Crippen LogP contribution >= 0.6 is 11.6 Å². The predicted molar refractivity (Wildman–Crippen MR) is 65.0 cm³/mol. The number of rotatable bonds is 4. The average Bonchev–Trinajstić information content (AvgIpc) is 2.25. The minimum Gasteiger partial charge on any atom is -0.397 e. The monoisotopic (exact) mass is 247 g/mol. The third-order valence-electron chi connectivity index (χ3n) is 2.20. The first-order chi connectivity index (χ1) is 7.47. The van der Waals surface area contributed by atoms with Gasteiger partial charge >= 0.3 is 0 Å². The van der Waals surface area contributed by atoms with Crippen molar-refractivity contribution in [3.8, 4) is 0 Å². The Morgan fingerprint density at radius 2 is 2.12 bits per heavy atom. The third-order valence-corrected chi connectivity index (χ3v) is 2.59. The highest BCUT2D eigenvalue weighted by Crippen LogP contribution is 2.33. The summed E-state index contributed by atoms with van der Waals surface area (Å²) < 4.78 is 13.7. The van der Waals surface area contributed by atoms with Crippen molar-refractivity contribution in [2.45, 2.75) is 6.92 Å². The topological polar surface area (TPSA) is 84.3 Å². The average molecular weight is 248 g/mol. The normalized spacial score (nSPS) is 12.5. The maximum atomic E-state index is 13.7. The van der Waals surface area contributed by atoms with Crippen molar-refractivity contribution >= 4 is 28.7 Å². The van der Waals surface area contributed by atoms with E-state index in [4.69, 9.17) is 28.2 Å². The van der Waals surface area contributed by atoms with Gasteiger partial charge in [0, 0.05) is 13.2 Å². The number of nitrogen functional groups attached to an aromatic ring is 2. The molecule has 0 aliphatic carbocycles. The number of nitrogens with one attached hydrogen (secondary N) is 1. The summed E-state index contributed by atoms with van der Waals surface area (Å²) in [5, 5.41) is 11.5. The van der Waals surface area contributed by atoms with Crippen LogP contribution in [0.1, 0.15) is 6.92 Å². The molecule has 0 radical (unpaired) electrons. The fourth-order valence-electron chi connectivity index (χ4n) is 1.19. The van der Waals surface area contributed by atoms with Gasteiger partial charge in [-0.25, -0.2) is 4.39 Å². The van der Waals surface area contributed by atoms with Crippen LogP contribution in [0.4, 0.5) is 21.5 Å². The smallest absolute Gasteiger partial charge is 0.169 e. The number of halogens is 2. The molecule has 1 aromatic carbocycles. The Balaban J connectivity index is 2.92. The summed E-state index contributed by atoms with van der Waals surface area (Å²) in [4.78, 5) is 0. The molecule has 0 amide bonds. The molecule has 0 saturated carbocycles. The number of aliphatic hydroxyl groups excluding tert-OH is 1. The molecule has 0 bridgehead atoms. The zero-order valence-electron chi connectivity index (χ0n) is 8.93. The van der Waals surface area contributed by atoms with Crippen molar-refractivity contribution < 1.29 is 9.50 Å². The first kappa shape index (κ1) is 12.9. The summed E-state index contributed by atoms with van der Waals surface area (Å²) in [6.45, 7) is 2.23. The van der Waals surface area contributed by atoms with Crippen LogP contribution in [0.3, 0.4) is 0 Å². The number of nitrogens with two attached hydrogens (primary N) is 2. The highest BCUT2D eigenvalue weighted by molar-refractivity contribution is 6.33. The molecule has 1 atom stereocenters. The molecule has 0 aromatic heterocycles. The molecular weight excluding hydrogens is 233 g/mol. The molecule has 16 heavy (non-hydrogen) atoms. The zero-order chi connectivity index (χ0) is 12.3. The minimum absolute atomic E-state index is 0.00451. The number of anilines is 3. The van der Waals surface area contributed by atoms with E-state index in [1.807, 2.05) is 6.92 Å². The molecule has 90 valence electrons. The summed E-state index contributed by atoms with van der Waals surface area (Å²) in [6.07, 6.45) is 0. The number of benzene rings is 1. The lowest BCUT2D eigenvalue weighted by molar-refractivity contribution is 0.244. The Morgan fingerprint density at radius 3 is 2.69 bits per heavy atom. The van der Waals surface area contributed by atoms with Crippen molar-refractivity contribution in [3.63, 3.8) is 0 Å². The van der Waals surface area contributed by atoms with E-state index in [1.54, 1.807) is 0 Å². The molecule has 6 heteroatoms. The van der Waals surface area contributed by atoms with Gasteiger partial charge in [0.05, 0.1) is 17.1 Å². The van der Waals surface area contributed by atoms with Crippen molar-refractivity contribution in [1.29, 1.82) is 0 Å². The zero-order valence-corrected chi connectivity index (χ0v) is 9.68. The first-order valence-electron chi connectivity index (χ1n) is 4.85. The van der Waals surface area contributed by atoms with Crippen LogP contribution in [0, 0.1) is 11.7 Å². The van der Waals surface area contributed by atoms with Crippen LogP contribution in [0.25, 0.3) is 0 Å². The highest BCUT2D eigenvalue weighted by atomic mass is 35.5. The molecule has 0 heterocycles. The van der Waals surface area contributed by atoms with Crippen LogP contribution < -0.4 is 16.8 Å².